The van der Waals surface area contributed by atoms with Crippen molar-refractivity contribution in [2.75, 3.05) is 20.3 Å². The van der Waals surface area contributed by atoms with Crippen molar-refractivity contribution in [1.82, 2.24) is 4.31 Å². The summed E-state index contributed by atoms with van der Waals surface area (Å²) in [5, 5.41) is 0. The van der Waals surface area contributed by atoms with E-state index >= 15 is 0 Å². The summed E-state index contributed by atoms with van der Waals surface area (Å²) in [6.07, 6.45) is 1.49. The molecular formula is C14H22N2O3S. The van der Waals surface area contributed by atoms with Crippen LogP contribution in [0.5, 0.6) is 0 Å². The van der Waals surface area contributed by atoms with Crippen LogP contribution in [-0.2, 0) is 21.3 Å². The first-order chi connectivity index (χ1) is 9.46. The standard InChI is InChI=1S/C14H22N2O3S/c1-11-9-12(10-15)3-4-14(11)20(17,18)16(2)13-5-7-19-8-6-13/h3-4,9,13H,5-8,10,15H2,1-2H3. The number of hydrogen-bond donors (Lipinski definition) is 1. The van der Waals surface area contributed by atoms with E-state index in [1.807, 2.05) is 13.0 Å². The zero-order valence-electron chi connectivity index (χ0n) is 12.0. The van der Waals surface area contributed by atoms with Gasteiger partial charge in [0.05, 0.1) is 4.90 Å². The van der Waals surface area contributed by atoms with Crippen molar-refractivity contribution < 1.29 is 13.2 Å². The minimum atomic E-state index is -3.46. The quantitative estimate of drug-likeness (QED) is 0.908. The summed E-state index contributed by atoms with van der Waals surface area (Å²) in [5.74, 6) is 0. The molecule has 0 aromatic heterocycles. The van der Waals surface area contributed by atoms with Crippen LogP contribution in [0.4, 0.5) is 0 Å². The highest BCUT2D eigenvalue weighted by molar-refractivity contribution is 7.89. The van der Waals surface area contributed by atoms with Gasteiger partial charge >= 0.3 is 0 Å². The molecule has 112 valence electrons. The first-order valence-corrected chi connectivity index (χ1v) is 8.26. The van der Waals surface area contributed by atoms with E-state index in [4.69, 9.17) is 10.5 Å². The predicted octanol–water partition coefficient (Wildman–Crippen LogP) is 1.25. The van der Waals surface area contributed by atoms with Crippen molar-refractivity contribution in [3.05, 3.63) is 29.3 Å². The van der Waals surface area contributed by atoms with E-state index in [2.05, 4.69) is 0 Å². The minimum absolute atomic E-state index is 0.0161. The van der Waals surface area contributed by atoms with Crippen LogP contribution in [0, 0.1) is 6.92 Å². The second kappa shape index (κ2) is 6.22. The number of sulfonamides is 1. The van der Waals surface area contributed by atoms with Gasteiger partial charge in [-0.05, 0) is 37.0 Å². The van der Waals surface area contributed by atoms with Crippen molar-refractivity contribution in [1.29, 1.82) is 0 Å². The van der Waals surface area contributed by atoms with Gasteiger partial charge in [0.25, 0.3) is 0 Å². The number of hydrogen-bond acceptors (Lipinski definition) is 4. The average Bonchev–Trinajstić information content (AvgIpc) is 2.46. The third-order valence-corrected chi connectivity index (χ3v) is 5.91. The molecule has 1 aliphatic rings. The molecule has 1 heterocycles. The fraction of sp³-hybridized carbons (Fsp3) is 0.571. The topological polar surface area (TPSA) is 72.6 Å². The SMILES string of the molecule is Cc1cc(CN)ccc1S(=O)(=O)N(C)C1CCOCC1. The zero-order chi connectivity index (χ0) is 14.8. The molecule has 0 atom stereocenters. The molecule has 1 fully saturated rings. The van der Waals surface area contributed by atoms with E-state index in [0.29, 0.717) is 24.7 Å². The summed E-state index contributed by atoms with van der Waals surface area (Å²) < 4.78 is 32.2. The third kappa shape index (κ3) is 3.03. The van der Waals surface area contributed by atoms with Crippen molar-refractivity contribution in [2.24, 2.45) is 5.73 Å². The van der Waals surface area contributed by atoms with Gasteiger partial charge in [-0.2, -0.15) is 4.31 Å². The Hall–Kier alpha value is -0.950. The van der Waals surface area contributed by atoms with Gasteiger partial charge in [-0.25, -0.2) is 8.42 Å². The Kier molecular flexibility index (Phi) is 4.80. The van der Waals surface area contributed by atoms with E-state index in [9.17, 15) is 8.42 Å². The van der Waals surface area contributed by atoms with Crippen molar-refractivity contribution in [3.63, 3.8) is 0 Å². The van der Waals surface area contributed by atoms with Gasteiger partial charge in [-0.1, -0.05) is 12.1 Å². The summed E-state index contributed by atoms with van der Waals surface area (Å²) in [7, 11) is -1.80. The average molecular weight is 298 g/mol. The molecule has 0 unspecified atom stereocenters. The van der Waals surface area contributed by atoms with E-state index in [-0.39, 0.29) is 6.04 Å². The maximum atomic E-state index is 12.7. The fourth-order valence-electron chi connectivity index (χ4n) is 2.53. The molecule has 0 radical (unpaired) electrons. The normalized spacial score (nSPS) is 17.6. The summed E-state index contributed by atoms with van der Waals surface area (Å²) in [6, 6.07) is 5.28. The number of aryl methyl sites for hydroxylation is 1. The van der Waals surface area contributed by atoms with E-state index in [0.717, 1.165) is 24.0 Å². The van der Waals surface area contributed by atoms with Gasteiger partial charge in [-0.15, -0.1) is 0 Å². The maximum absolute atomic E-state index is 12.7. The smallest absolute Gasteiger partial charge is 0.243 e. The molecular weight excluding hydrogens is 276 g/mol. The third-order valence-electron chi connectivity index (χ3n) is 3.84. The fourth-order valence-corrected chi connectivity index (χ4v) is 4.15. The second-order valence-electron chi connectivity index (χ2n) is 5.17. The zero-order valence-corrected chi connectivity index (χ0v) is 12.8. The molecule has 1 saturated heterocycles. The van der Waals surface area contributed by atoms with Crippen molar-refractivity contribution in [2.45, 2.75) is 37.2 Å². The lowest BCUT2D eigenvalue weighted by Crippen LogP contribution is -2.40. The van der Waals surface area contributed by atoms with Crippen LogP contribution >= 0.6 is 0 Å². The van der Waals surface area contributed by atoms with Gasteiger partial charge < -0.3 is 10.5 Å². The molecule has 6 heteroatoms. The number of nitrogens with two attached hydrogens (primary N) is 1. The van der Waals surface area contributed by atoms with Crippen molar-refractivity contribution >= 4 is 10.0 Å². The molecule has 20 heavy (non-hydrogen) atoms. The highest BCUT2D eigenvalue weighted by atomic mass is 32.2. The molecule has 2 rings (SSSR count). The Morgan fingerprint density at radius 1 is 1.35 bits per heavy atom. The van der Waals surface area contributed by atoms with Gasteiger partial charge in [0.15, 0.2) is 0 Å². The molecule has 2 N–H and O–H groups in total. The van der Waals surface area contributed by atoms with Crippen LogP contribution in [0.3, 0.4) is 0 Å². The predicted molar refractivity (Wildman–Crippen MR) is 77.9 cm³/mol. The first-order valence-electron chi connectivity index (χ1n) is 6.82. The summed E-state index contributed by atoms with van der Waals surface area (Å²) in [5.41, 5.74) is 7.26. The van der Waals surface area contributed by atoms with Gasteiger partial charge in [0, 0.05) is 32.8 Å². The Morgan fingerprint density at radius 2 is 2.00 bits per heavy atom. The molecule has 0 spiro atoms. The molecule has 5 nitrogen and oxygen atoms in total. The Labute approximate surface area is 120 Å². The largest absolute Gasteiger partial charge is 0.381 e. The van der Waals surface area contributed by atoms with Crippen LogP contribution in [0.2, 0.25) is 0 Å². The van der Waals surface area contributed by atoms with Gasteiger partial charge in [0.2, 0.25) is 10.0 Å². The number of nitrogens with zero attached hydrogens (tertiary/aromatic N) is 1. The first kappa shape index (κ1) is 15.4. The number of rotatable bonds is 4. The van der Waals surface area contributed by atoms with Crippen molar-refractivity contribution in [3.8, 4) is 0 Å². The Balaban J connectivity index is 2.29. The highest BCUT2D eigenvalue weighted by Crippen LogP contribution is 2.24. The van der Waals surface area contributed by atoms with E-state index in [1.54, 1.807) is 19.2 Å². The molecule has 0 amide bonds. The summed E-state index contributed by atoms with van der Waals surface area (Å²) in [6.45, 7) is 3.46. The van der Waals surface area contributed by atoms with Crippen LogP contribution in [0.1, 0.15) is 24.0 Å². The van der Waals surface area contributed by atoms with Gasteiger partial charge in [0.1, 0.15) is 0 Å². The van der Waals surface area contributed by atoms with Crippen LogP contribution < -0.4 is 5.73 Å². The lowest BCUT2D eigenvalue weighted by molar-refractivity contribution is 0.0632. The molecule has 0 aliphatic carbocycles. The van der Waals surface area contributed by atoms with Crippen LogP contribution in [0.15, 0.2) is 23.1 Å². The molecule has 1 aromatic carbocycles. The molecule has 0 saturated carbocycles. The Bertz CT molecular complexity index is 566. The van der Waals surface area contributed by atoms with E-state index < -0.39 is 10.0 Å². The molecule has 0 bridgehead atoms. The second-order valence-corrected chi connectivity index (χ2v) is 7.13. The Morgan fingerprint density at radius 3 is 2.55 bits per heavy atom. The van der Waals surface area contributed by atoms with E-state index in [1.165, 1.54) is 4.31 Å². The molecule has 1 aliphatic heterocycles. The highest BCUT2D eigenvalue weighted by Gasteiger charge is 2.30. The maximum Gasteiger partial charge on any atom is 0.243 e. The number of benzene rings is 1. The monoisotopic (exact) mass is 298 g/mol. The number of ether oxygens (including phenoxy) is 1. The van der Waals surface area contributed by atoms with Crippen LogP contribution in [-0.4, -0.2) is 39.0 Å². The van der Waals surface area contributed by atoms with Gasteiger partial charge in [-0.3, -0.25) is 0 Å². The summed E-state index contributed by atoms with van der Waals surface area (Å²) in [4.78, 5) is 0.365. The lowest BCUT2D eigenvalue weighted by atomic mass is 10.1. The molecule has 1 aromatic rings. The van der Waals surface area contributed by atoms with Crippen LogP contribution in [0.25, 0.3) is 0 Å². The summed E-state index contributed by atoms with van der Waals surface area (Å²) >= 11 is 0. The minimum Gasteiger partial charge on any atom is -0.381 e. The lowest BCUT2D eigenvalue weighted by Gasteiger charge is -2.30.